The zero-order valence-corrected chi connectivity index (χ0v) is 19.2. The first-order valence-electron chi connectivity index (χ1n) is 9.70. The summed E-state index contributed by atoms with van der Waals surface area (Å²) in [6.45, 7) is 2.95. The summed E-state index contributed by atoms with van der Waals surface area (Å²) >= 11 is 6.62. The van der Waals surface area contributed by atoms with Crippen LogP contribution in [0.5, 0.6) is 11.5 Å². The number of hydrogen-bond donors (Lipinski definition) is 0. The van der Waals surface area contributed by atoms with Crippen LogP contribution in [0.1, 0.15) is 34.8 Å². The van der Waals surface area contributed by atoms with Gasteiger partial charge in [-0.25, -0.2) is 4.79 Å². The van der Waals surface area contributed by atoms with Gasteiger partial charge in [-0.2, -0.15) is 0 Å². The molecule has 2 aromatic rings. The zero-order valence-electron chi connectivity index (χ0n) is 17.5. The van der Waals surface area contributed by atoms with Gasteiger partial charge >= 0.3 is 5.97 Å². The number of hydrogen-bond acceptors (Lipinski definition) is 7. The number of carbonyl (C=O) groups excluding carboxylic acids is 2. The first kappa shape index (κ1) is 22.8. The molecule has 0 saturated carbocycles. The standard InChI is InChI=1S/C23H23NO5S2/c1-4-11-24-21(25)20(31-23(24)30)13-16-7-10-18(19(12-16)27-2)29-14-15-5-8-17(9-6-15)22(26)28-3/h5-10,12-13H,4,11,14H2,1-3H3. The number of thiocarbonyl (C=S) groups is 1. The quantitative estimate of drug-likeness (QED) is 0.324. The average Bonchev–Trinajstić information content (AvgIpc) is 3.05. The van der Waals surface area contributed by atoms with Gasteiger partial charge in [0.25, 0.3) is 5.91 Å². The summed E-state index contributed by atoms with van der Waals surface area (Å²) in [5, 5.41) is 0. The van der Waals surface area contributed by atoms with Gasteiger partial charge in [-0.05, 0) is 47.9 Å². The van der Waals surface area contributed by atoms with Crippen LogP contribution in [-0.2, 0) is 16.1 Å². The van der Waals surface area contributed by atoms with Crippen LogP contribution in [0.2, 0.25) is 0 Å². The minimum Gasteiger partial charge on any atom is -0.493 e. The van der Waals surface area contributed by atoms with E-state index < -0.39 is 0 Å². The summed E-state index contributed by atoms with van der Waals surface area (Å²) < 4.78 is 16.6. The molecule has 0 radical (unpaired) electrons. The number of esters is 1. The molecule has 1 saturated heterocycles. The predicted octanol–water partition coefficient (Wildman–Crippen LogP) is 4.67. The van der Waals surface area contributed by atoms with E-state index in [-0.39, 0.29) is 11.9 Å². The van der Waals surface area contributed by atoms with E-state index in [4.69, 9.17) is 26.4 Å². The highest BCUT2D eigenvalue weighted by Gasteiger charge is 2.31. The van der Waals surface area contributed by atoms with Crippen molar-refractivity contribution in [3.63, 3.8) is 0 Å². The van der Waals surface area contributed by atoms with Gasteiger partial charge in [0.1, 0.15) is 10.9 Å². The first-order chi connectivity index (χ1) is 15.0. The average molecular weight is 458 g/mol. The molecule has 1 aliphatic rings. The second kappa shape index (κ2) is 10.5. The predicted molar refractivity (Wildman–Crippen MR) is 125 cm³/mol. The van der Waals surface area contributed by atoms with Crippen molar-refractivity contribution in [2.45, 2.75) is 20.0 Å². The third-order valence-corrected chi connectivity index (χ3v) is 5.95. The Hall–Kier alpha value is -2.84. The van der Waals surface area contributed by atoms with Crippen molar-refractivity contribution in [2.24, 2.45) is 0 Å². The van der Waals surface area contributed by atoms with Gasteiger partial charge in [0.15, 0.2) is 11.5 Å². The Balaban J connectivity index is 1.71. The number of rotatable bonds is 8. The summed E-state index contributed by atoms with van der Waals surface area (Å²) in [5.74, 6) is 0.696. The number of carbonyl (C=O) groups is 2. The van der Waals surface area contributed by atoms with Gasteiger partial charge in [0, 0.05) is 6.54 Å². The number of nitrogens with zero attached hydrogens (tertiary/aromatic N) is 1. The van der Waals surface area contributed by atoms with E-state index in [0.717, 1.165) is 17.5 Å². The Bertz CT molecular complexity index is 1020. The fourth-order valence-electron chi connectivity index (χ4n) is 2.98. The Morgan fingerprint density at radius 2 is 1.87 bits per heavy atom. The van der Waals surface area contributed by atoms with Crippen LogP contribution < -0.4 is 9.47 Å². The van der Waals surface area contributed by atoms with Crippen molar-refractivity contribution in [1.82, 2.24) is 4.90 Å². The van der Waals surface area contributed by atoms with E-state index in [1.165, 1.54) is 18.9 Å². The van der Waals surface area contributed by atoms with Crippen molar-refractivity contribution in [1.29, 1.82) is 0 Å². The van der Waals surface area contributed by atoms with Crippen molar-refractivity contribution < 1.29 is 23.8 Å². The van der Waals surface area contributed by atoms with Gasteiger partial charge in [0.05, 0.1) is 24.7 Å². The largest absolute Gasteiger partial charge is 0.493 e. The Kier molecular flexibility index (Phi) is 7.70. The second-order valence-electron chi connectivity index (χ2n) is 6.72. The minimum atomic E-state index is -0.378. The molecule has 1 heterocycles. The lowest BCUT2D eigenvalue weighted by molar-refractivity contribution is -0.122. The molecule has 0 atom stereocenters. The minimum absolute atomic E-state index is 0.0634. The lowest BCUT2D eigenvalue weighted by atomic mass is 10.1. The maximum Gasteiger partial charge on any atom is 0.337 e. The molecule has 0 aromatic heterocycles. The summed E-state index contributed by atoms with van der Waals surface area (Å²) in [5.41, 5.74) is 2.21. The molecule has 3 rings (SSSR count). The van der Waals surface area contributed by atoms with Gasteiger partial charge < -0.3 is 14.2 Å². The molecule has 0 aliphatic carbocycles. The van der Waals surface area contributed by atoms with Crippen LogP contribution in [0.25, 0.3) is 6.08 Å². The summed E-state index contributed by atoms with van der Waals surface area (Å²) in [7, 11) is 2.92. The molecule has 1 aliphatic heterocycles. The third kappa shape index (κ3) is 5.45. The molecule has 1 amide bonds. The highest BCUT2D eigenvalue weighted by atomic mass is 32.2. The van der Waals surface area contributed by atoms with E-state index in [1.54, 1.807) is 30.2 Å². The van der Waals surface area contributed by atoms with Crippen LogP contribution in [-0.4, -0.2) is 41.9 Å². The number of thioether (sulfide) groups is 1. The first-order valence-corrected chi connectivity index (χ1v) is 10.9. The molecular weight excluding hydrogens is 434 g/mol. The molecule has 8 heteroatoms. The molecule has 0 N–H and O–H groups in total. The van der Waals surface area contributed by atoms with Crippen molar-refractivity contribution >= 4 is 46.3 Å². The van der Waals surface area contributed by atoms with Crippen LogP contribution in [0.15, 0.2) is 47.4 Å². The maximum absolute atomic E-state index is 12.5. The smallest absolute Gasteiger partial charge is 0.337 e. The molecule has 2 aromatic carbocycles. The number of benzene rings is 2. The zero-order chi connectivity index (χ0) is 22.4. The fourth-order valence-corrected chi connectivity index (χ4v) is 4.29. The molecule has 6 nitrogen and oxygen atoms in total. The molecule has 162 valence electrons. The van der Waals surface area contributed by atoms with Crippen LogP contribution >= 0.6 is 24.0 Å². The Morgan fingerprint density at radius 1 is 1.13 bits per heavy atom. The van der Waals surface area contributed by atoms with Crippen LogP contribution in [0, 0.1) is 0 Å². The van der Waals surface area contributed by atoms with Crippen molar-refractivity contribution in [3.8, 4) is 11.5 Å². The second-order valence-corrected chi connectivity index (χ2v) is 8.40. The van der Waals surface area contributed by atoms with E-state index in [0.29, 0.717) is 39.4 Å². The van der Waals surface area contributed by atoms with E-state index in [1.807, 2.05) is 37.3 Å². The summed E-state index contributed by atoms with van der Waals surface area (Å²) in [6, 6.07) is 12.5. The fraction of sp³-hybridized carbons (Fsp3) is 0.261. The molecular formula is C23H23NO5S2. The topological polar surface area (TPSA) is 65.1 Å². The molecule has 0 unspecified atom stereocenters. The Labute approximate surface area is 191 Å². The third-order valence-electron chi connectivity index (χ3n) is 4.58. The van der Waals surface area contributed by atoms with Crippen molar-refractivity contribution in [2.75, 3.05) is 20.8 Å². The molecule has 31 heavy (non-hydrogen) atoms. The lowest BCUT2D eigenvalue weighted by Crippen LogP contribution is -2.28. The van der Waals surface area contributed by atoms with Gasteiger partial charge in [-0.3, -0.25) is 9.69 Å². The van der Waals surface area contributed by atoms with E-state index in [2.05, 4.69) is 0 Å². The number of methoxy groups -OCH3 is 2. The molecule has 1 fully saturated rings. The summed E-state index contributed by atoms with van der Waals surface area (Å²) in [4.78, 5) is 26.3. The molecule has 0 spiro atoms. The van der Waals surface area contributed by atoms with Gasteiger partial charge in [0.2, 0.25) is 0 Å². The van der Waals surface area contributed by atoms with Crippen molar-refractivity contribution in [3.05, 3.63) is 64.1 Å². The number of ether oxygens (including phenoxy) is 3. The molecule has 0 bridgehead atoms. The monoisotopic (exact) mass is 457 g/mol. The van der Waals surface area contributed by atoms with Crippen LogP contribution in [0.3, 0.4) is 0 Å². The summed E-state index contributed by atoms with van der Waals surface area (Å²) in [6.07, 6.45) is 2.66. The Morgan fingerprint density at radius 3 is 2.52 bits per heavy atom. The van der Waals surface area contributed by atoms with E-state index in [9.17, 15) is 9.59 Å². The van der Waals surface area contributed by atoms with Gasteiger partial charge in [-0.15, -0.1) is 0 Å². The maximum atomic E-state index is 12.5. The van der Waals surface area contributed by atoms with Gasteiger partial charge in [-0.1, -0.05) is 49.1 Å². The SMILES string of the molecule is CCCN1C(=O)C(=Cc2ccc(OCc3ccc(C(=O)OC)cc3)c(OC)c2)SC1=S. The van der Waals surface area contributed by atoms with Crippen LogP contribution in [0.4, 0.5) is 0 Å². The van der Waals surface area contributed by atoms with E-state index >= 15 is 0 Å². The normalized spacial score (nSPS) is 14.8. The highest BCUT2D eigenvalue weighted by Crippen LogP contribution is 2.35. The number of amides is 1. The lowest BCUT2D eigenvalue weighted by Gasteiger charge is -2.12. The highest BCUT2D eigenvalue weighted by molar-refractivity contribution is 8.26.